The van der Waals surface area contributed by atoms with Gasteiger partial charge >= 0.3 is 5.97 Å². The molecule has 1 rings (SSSR count). The van der Waals surface area contributed by atoms with Crippen LogP contribution < -0.4 is 5.73 Å². The first kappa shape index (κ1) is 15.3. The van der Waals surface area contributed by atoms with E-state index in [1.165, 1.54) is 18.9 Å². The van der Waals surface area contributed by atoms with Crippen LogP contribution in [0.3, 0.4) is 0 Å². The number of anilines is 1. The van der Waals surface area contributed by atoms with Gasteiger partial charge in [-0.05, 0) is 31.9 Å². The summed E-state index contributed by atoms with van der Waals surface area (Å²) >= 11 is 0. The minimum absolute atomic E-state index is 0.125. The molecule has 19 heavy (non-hydrogen) atoms. The molecule has 0 aliphatic rings. The molecule has 4 nitrogen and oxygen atoms in total. The number of hydrogen-bond donors (Lipinski definition) is 2. The van der Waals surface area contributed by atoms with Crippen molar-refractivity contribution < 1.29 is 14.6 Å². The highest BCUT2D eigenvalue weighted by molar-refractivity contribution is 5.94. The number of carbonyl (C=O) groups excluding carboxylic acids is 1. The highest BCUT2D eigenvalue weighted by atomic mass is 16.5. The summed E-state index contributed by atoms with van der Waals surface area (Å²) in [5, 5.41) is 9.70. The lowest BCUT2D eigenvalue weighted by Crippen LogP contribution is -2.15. The molecule has 0 spiro atoms. The number of benzene rings is 1. The summed E-state index contributed by atoms with van der Waals surface area (Å²) in [4.78, 5) is 11.9. The van der Waals surface area contributed by atoms with Gasteiger partial charge < -0.3 is 15.6 Å². The summed E-state index contributed by atoms with van der Waals surface area (Å²) in [6.45, 7) is 4.03. The zero-order valence-electron chi connectivity index (χ0n) is 11.7. The molecule has 106 valence electrons. The summed E-state index contributed by atoms with van der Waals surface area (Å²) in [5.41, 5.74) is 5.86. The van der Waals surface area contributed by atoms with E-state index in [4.69, 9.17) is 10.5 Å². The molecule has 0 saturated heterocycles. The molecule has 4 heteroatoms. The summed E-state index contributed by atoms with van der Waals surface area (Å²) in [6, 6.07) is 4.68. The average Bonchev–Trinajstić information content (AvgIpc) is 2.38. The minimum atomic E-state index is -0.521. The number of nitrogen functional groups attached to an aromatic ring is 1. The highest BCUT2D eigenvalue weighted by Gasteiger charge is 2.16. The van der Waals surface area contributed by atoms with E-state index in [1.54, 1.807) is 12.1 Å². The van der Waals surface area contributed by atoms with Gasteiger partial charge in [0.1, 0.15) is 5.56 Å². The van der Waals surface area contributed by atoms with Crippen LogP contribution in [0, 0.1) is 0 Å². The van der Waals surface area contributed by atoms with Crippen LogP contribution in [0.15, 0.2) is 18.2 Å². The molecule has 0 aliphatic carbocycles. The Kier molecular flexibility index (Phi) is 6.19. The number of carbonyl (C=O) groups is 1. The Bertz CT molecular complexity index is 418. The molecule has 0 amide bonds. The van der Waals surface area contributed by atoms with Crippen molar-refractivity contribution in [3.8, 4) is 5.75 Å². The summed E-state index contributed by atoms with van der Waals surface area (Å²) in [6.07, 6.45) is 5.29. The Hall–Kier alpha value is -1.71. The molecule has 0 radical (unpaired) electrons. The molecule has 0 fully saturated rings. The van der Waals surface area contributed by atoms with Crippen LogP contribution in [0.4, 0.5) is 5.69 Å². The number of aromatic hydroxyl groups is 1. The lowest BCUT2D eigenvalue weighted by molar-refractivity contribution is 0.0316. The lowest BCUT2D eigenvalue weighted by Gasteiger charge is -2.14. The third kappa shape index (κ3) is 4.81. The number of unbranched alkanes of at least 4 members (excludes halogenated alkanes) is 3. The molecular formula is C15H23NO3. The van der Waals surface area contributed by atoms with Crippen molar-refractivity contribution in [1.82, 2.24) is 0 Å². The third-order valence-corrected chi connectivity index (χ3v) is 3.06. The van der Waals surface area contributed by atoms with Crippen LogP contribution in [0.25, 0.3) is 0 Å². The fourth-order valence-electron chi connectivity index (χ4n) is 1.89. The van der Waals surface area contributed by atoms with Crippen LogP contribution in [0.1, 0.15) is 56.3 Å². The first-order chi connectivity index (χ1) is 9.06. The first-order valence-electron chi connectivity index (χ1n) is 6.84. The van der Waals surface area contributed by atoms with Crippen molar-refractivity contribution in [3.05, 3.63) is 23.8 Å². The van der Waals surface area contributed by atoms with E-state index in [0.29, 0.717) is 0 Å². The zero-order chi connectivity index (χ0) is 14.3. The van der Waals surface area contributed by atoms with Gasteiger partial charge in [0, 0.05) is 0 Å². The second kappa shape index (κ2) is 7.67. The van der Waals surface area contributed by atoms with Crippen LogP contribution in [-0.2, 0) is 4.74 Å². The van der Waals surface area contributed by atoms with Gasteiger partial charge in [-0.15, -0.1) is 0 Å². The fraction of sp³-hybridized carbons (Fsp3) is 0.533. The molecule has 0 aromatic heterocycles. The van der Waals surface area contributed by atoms with E-state index in [9.17, 15) is 9.90 Å². The van der Waals surface area contributed by atoms with Crippen molar-refractivity contribution in [2.24, 2.45) is 0 Å². The number of phenols is 1. The van der Waals surface area contributed by atoms with E-state index in [1.807, 2.05) is 6.92 Å². The van der Waals surface area contributed by atoms with E-state index >= 15 is 0 Å². The number of hydrogen-bond acceptors (Lipinski definition) is 4. The SMILES string of the molecule is CCCCCCC(C)OC(=O)c1cccc(N)c1O. The number of nitrogens with two attached hydrogens (primary N) is 1. The number of para-hydroxylation sites is 1. The maximum Gasteiger partial charge on any atom is 0.342 e. The Labute approximate surface area is 114 Å². The number of rotatable bonds is 7. The smallest absolute Gasteiger partial charge is 0.342 e. The average molecular weight is 265 g/mol. The Balaban J connectivity index is 2.48. The van der Waals surface area contributed by atoms with Gasteiger partial charge in [0.25, 0.3) is 0 Å². The van der Waals surface area contributed by atoms with Crippen molar-refractivity contribution in [2.45, 2.75) is 52.1 Å². The number of ether oxygens (including phenoxy) is 1. The van der Waals surface area contributed by atoms with Gasteiger partial charge in [0.2, 0.25) is 0 Å². The van der Waals surface area contributed by atoms with E-state index in [0.717, 1.165) is 19.3 Å². The number of phenolic OH excluding ortho intramolecular Hbond substituents is 1. The largest absolute Gasteiger partial charge is 0.505 e. The molecule has 1 atom stereocenters. The maximum absolute atomic E-state index is 11.9. The van der Waals surface area contributed by atoms with Gasteiger partial charge in [-0.2, -0.15) is 0 Å². The molecule has 1 aromatic rings. The van der Waals surface area contributed by atoms with Gasteiger partial charge in [-0.25, -0.2) is 4.79 Å². The standard InChI is InChI=1S/C15H23NO3/c1-3-4-5-6-8-11(2)19-15(18)12-9-7-10-13(16)14(12)17/h7,9-11,17H,3-6,8,16H2,1-2H3. The predicted molar refractivity (Wildman–Crippen MR) is 76.2 cm³/mol. The van der Waals surface area contributed by atoms with E-state index in [-0.39, 0.29) is 23.1 Å². The summed E-state index contributed by atoms with van der Waals surface area (Å²) in [7, 11) is 0. The van der Waals surface area contributed by atoms with Crippen LogP contribution in [-0.4, -0.2) is 17.2 Å². The third-order valence-electron chi connectivity index (χ3n) is 3.06. The molecule has 1 unspecified atom stereocenters. The van der Waals surface area contributed by atoms with Gasteiger partial charge in [0.05, 0.1) is 11.8 Å². The Morgan fingerprint density at radius 3 is 2.79 bits per heavy atom. The normalized spacial score (nSPS) is 12.1. The van der Waals surface area contributed by atoms with Crippen molar-refractivity contribution >= 4 is 11.7 Å². The summed E-state index contributed by atoms with van der Waals surface area (Å²) in [5.74, 6) is -0.724. The lowest BCUT2D eigenvalue weighted by atomic mass is 10.1. The molecule has 0 saturated carbocycles. The predicted octanol–water partition coefficient (Wildman–Crippen LogP) is 3.49. The second-order valence-electron chi connectivity index (χ2n) is 4.81. The van der Waals surface area contributed by atoms with Crippen LogP contribution >= 0.6 is 0 Å². The molecule has 0 heterocycles. The fourth-order valence-corrected chi connectivity index (χ4v) is 1.89. The Morgan fingerprint density at radius 1 is 1.37 bits per heavy atom. The topological polar surface area (TPSA) is 72.5 Å². The monoisotopic (exact) mass is 265 g/mol. The van der Waals surface area contributed by atoms with Crippen molar-refractivity contribution in [2.75, 3.05) is 5.73 Å². The molecule has 0 bridgehead atoms. The van der Waals surface area contributed by atoms with Crippen molar-refractivity contribution in [1.29, 1.82) is 0 Å². The van der Waals surface area contributed by atoms with Gasteiger partial charge in [0.15, 0.2) is 5.75 Å². The quantitative estimate of drug-likeness (QED) is 0.342. The van der Waals surface area contributed by atoms with Crippen LogP contribution in [0.2, 0.25) is 0 Å². The minimum Gasteiger partial charge on any atom is -0.505 e. The van der Waals surface area contributed by atoms with E-state index < -0.39 is 5.97 Å². The molecule has 3 N–H and O–H groups in total. The molecule has 0 aliphatic heterocycles. The van der Waals surface area contributed by atoms with E-state index in [2.05, 4.69) is 6.92 Å². The Morgan fingerprint density at radius 2 is 2.11 bits per heavy atom. The second-order valence-corrected chi connectivity index (χ2v) is 4.81. The number of esters is 1. The van der Waals surface area contributed by atoms with Gasteiger partial charge in [-0.3, -0.25) is 0 Å². The first-order valence-corrected chi connectivity index (χ1v) is 6.84. The zero-order valence-corrected chi connectivity index (χ0v) is 11.7. The highest BCUT2D eigenvalue weighted by Crippen LogP contribution is 2.25. The molecular weight excluding hydrogens is 242 g/mol. The van der Waals surface area contributed by atoms with Crippen molar-refractivity contribution in [3.63, 3.8) is 0 Å². The molecule has 1 aromatic carbocycles. The summed E-state index contributed by atoms with van der Waals surface area (Å²) < 4.78 is 5.30. The van der Waals surface area contributed by atoms with Gasteiger partial charge in [-0.1, -0.05) is 32.3 Å². The van der Waals surface area contributed by atoms with Crippen LogP contribution in [0.5, 0.6) is 5.75 Å². The maximum atomic E-state index is 11.9.